The summed E-state index contributed by atoms with van der Waals surface area (Å²) < 4.78 is 6.13. The van der Waals surface area contributed by atoms with Crippen LogP contribution in [0.15, 0.2) is 72.8 Å². The van der Waals surface area contributed by atoms with Crippen molar-refractivity contribution in [1.29, 1.82) is 0 Å². The van der Waals surface area contributed by atoms with E-state index in [9.17, 15) is 4.79 Å². The Bertz CT molecular complexity index is 969. The van der Waals surface area contributed by atoms with E-state index >= 15 is 0 Å². The van der Waals surface area contributed by atoms with Crippen molar-refractivity contribution in [2.75, 3.05) is 11.4 Å². The summed E-state index contributed by atoms with van der Waals surface area (Å²) in [7, 11) is 0. The van der Waals surface area contributed by atoms with E-state index in [1.807, 2.05) is 48.5 Å². The molecule has 0 aromatic heterocycles. The number of benzene rings is 3. The smallest absolute Gasteiger partial charge is 0.303 e. The molecule has 4 heteroatoms. The van der Waals surface area contributed by atoms with Crippen LogP contribution in [0.5, 0.6) is 11.5 Å². The van der Waals surface area contributed by atoms with Crippen molar-refractivity contribution in [2.24, 2.45) is 0 Å². The second-order valence-corrected chi connectivity index (χ2v) is 7.05. The summed E-state index contributed by atoms with van der Waals surface area (Å²) in [5.41, 5.74) is 4.80. The third-order valence-corrected chi connectivity index (χ3v) is 5.09. The number of nitrogens with zero attached hydrogens (tertiary/aromatic N) is 1. The van der Waals surface area contributed by atoms with Gasteiger partial charge in [0, 0.05) is 19.5 Å². The molecule has 0 unspecified atom stereocenters. The first-order valence-electron chi connectivity index (χ1n) is 9.58. The monoisotopic (exact) mass is 373 g/mol. The summed E-state index contributed by atoms with van der Waals surface area (Å²) in [5, 5.41) is 8.89. The van der Waals surface area contributed by atoms with Crippen molar-refractivity contribution in [2.45, 2.75) is 25.8 Å². The Morgan fingerprint density at radius 3 is 2.57 bits per heavy atom. The number of anilines is 1. The highest BCUT2D eigenvalue weighted by Crippen LogP contribution is 2.35. The predicted molar refractivity (Wildman–Crippen MR) is 110 cm³/mol. The van der Waals surface area contributed by atoms with E-state index < -0.39 is 5.97 Å². The van der Waals surface area contributed by atoms with Gasteiger partial charge in [-0.05, 0) is 53.8 Å². The molecule has 0 saturated carbocycles. The van der Waals surface area contributed by atoms with E-state index in [4.69, 9.17) is 9.84 Å². The van der Waals surface area contributed by atoms with Crippen LogP contribution >= 0.6 is 0 Å². The van der Waals surface area contributed by atoms with Crippen LogP contribution in [0.3, 0.4) is 0 Å². The van der Waals surface area contributed by atoms with E-state index in [2.05, 4.69) is 29.2 Å². The van der Waals surface area contributed by atoms with Gasteiger partial charge >= 0.3 is 5.97 Å². The quantitative estimate of drug-likeness (QED) is 0.656. The predicted octanol–water partition coefficient (Wildman–Crippen LogP) is 5.06. The van der Waals surface area contributed by atoms with Gasteiger partial charge in [0.05, 0.1) is 5.69 Å². The number of aryl methyl sites for hydroxylation is 1. The van der Waals surface area contributed by atoms with Crippen LogP contribution in [0.25, 0.3) is 0 Å². The van der Waals surface area contributed by atoms with E-state index in [-0.39, 0.29) is 6.42 Å². The first kappa shape index (κ1) is 18.1. The van der Waals surface area contributed by atoms with Gasteiger partial charge in [-0.15, -0.1) is 0 Å². The summed E-state index contributed by atoms with van der Waals surface area (Å²) >= 11 is 0. The van der Waals surface area contributed by atoms with Crippen LogP contribution in [0.1, 0.15) is 23.1 Å². The average Bonchev–Trinajstić information content (AvgIpc) is 2.73. The summed E-state index contributed by atoms with van der Waals surface area (Å²) in [4.78, 5) is 13.2. The van der Waals surface area contributed by atoms with Crippen LogP contribution in [-0.4, -0.2) is 17.6 Å². The molecule has 0 bridgehead atoms. The highest BCUT2D eigenvalue weighted by Gasteiger charge is 2.20. The molecule has 142 valence electrons. The third kappa shape index (κ3) is 4.17. The Morgan fingerprint density at radius 1 is 0.964 bits per heavy atom. The van der Waals surface area contributed by atoms with Crippen LogP contribution in [0.2, 0.25) is 0 Å². The van der Waals surface area contributed by atoms with Gasteiger partial charge in [-0.25, -0.2) is 0 Å². The van der Waals surface area contributed by atoms with Crippen molar-refractivity contribution in [3.05, 3.63) is 89.5 Å². The first-order chi connectivity index (χ1) is 13.7. The molecule has 0 spiro atoms. The van der Waals surface area contributed by atoms with E-state index in [1.54, 1.807) is 0 Å². The number of carboxylic acids is 1. The molecule has 4 rings (SSSR count). The lowest BCUT2D eigenvalue weighted by Gasteiger charge is -2.32. The highest BCUT2D eigenvalue weighted by molar-refractivity contribution is 5.67. The number of ether oxygens (including phenoxy) is 1. The number of hydrogen-bond acceptors (Lipinski definition) is 3. The van der Waals surface area contributed by atoms with Crippen molar-refractivity contribution < 1.29 is 14.6 Å². The van der Waals surface area contributed by atoms with Crippen LogP contribution in [0, 0.1) is 0 Å². The van der Waals surface area contributed by atoms with Crippen LogP contribution in [0.4, 0.5) is 5.69 Å². The molecule has 1 N–H and O–H groups in total. The molecule has 28 heavy (non-hydrogen) atoms. The molecule has 0 fully saturated rings. The molecule has 1 aliphatic heterocycles. The number of para-hydroxylation sites is 3. The summed E-state index contributed by atoms with van der Waals surface area (Å²) in [6.07, 6.45) is 1.70. The van der Waals surface area contributed by atoms with Gasteiger partial charge in [0.25, 0.3) is 0 Å². The van der Waals surface area contributed by atoms with Gasteiger partial charge in [-0.1, -0.05) is 48.5 Å². The van der Waals surface area contributed by atoms with Gasteiger partial charge < -0.3 is 14.7 Å². The van der Waals surface area contributed by atoms with Gasteiger partial charge in [-0.2, -0.15) is 0 Å². The number of fused-ring (bicyclic) bond motifs is 1. The fraction of sp³-hybridized carbons (Fsp3) is 0.208. The Labute approximate surface area is 165 Å². The zero-order valence-electron chi connectivity index (χ0n) is 15.7. The van der Waals surface area contributed by atoms with Gasteiger partial charge in [0.2, 0.25) is 0 Å². The molecule has 4 nitrogen and oxygen atoms in total. The lowest BCUT2D eigenvalue weighted by Crippen LogP contribution is -2.30. The number of carbonyl (C=O) groups is 1. The summed E-state index contributed by atoms with van der Waals surface area (Å²) in [5.74, 6) is 0.935. The van der Waals surface area contributed by atoms with E-state index in [1.165, 1.54) is 11.1 Å². The normalized spacial score (nSPS) is 13.1. The topological polar surface area (TPSA) is 49.8 Å². The number of rotatable bonds is 6. The van der Waals surface area contributed by atoms with Gasteiger partial charge in [-0.3, -0.25) is 4.79 Å². The third-order valence-electron chi connectivity index (χ3n) is 5.09. The Hall–Kier alpha value is -3.27. The van der Waals surface area contributed by atoms with E-state index in [0.29, 0.717) is 6.42 Å². The van der Waals surface area contributed by atoms with Gasteiger partial charge in [0.15, 0.2) is 5.75 Å². The highest BCUT2D eigenvalue weighted by atomic mass is 16.5. The number of aliphatic carboxylic acids is 1. The molecule has 1 heterocycles. The Balaban J connectivity index is 1.52. The fourth-order valence-electron chi connectivity index (χ4n) is 3.64. The first-order valence-corrected chi connectivity index (χ1v) is 9.58. The van der Waals surface area contributed by atoms with Gasteiger partial charge in [0.1, 0.15) is 5.75 Å². The molecule has 0 radical (unpaired) electrons. The molecular weight excluding hydrogens is 350 g/mol. The van der Waals surface area contributed by atoms with Crippen LogP contribution < -0.4 is 9.64 Å². The summed E-state index contributed by atoms with van der Waals surface area (Å²) in [6, 6.07) is 24.3. The molecule has 1 aliphatic rings. The van der Waals surface area contributed by atoms with Crippen molar-refractivity contribution in [3.8, 4) is 11.5 Å². The molecule has 3 aromatic carbocycles. The van der Waals surface area contributed by atoms with Crippen molar-refractivity contribution in [1.82, 2.24) is 0 Å². The number of hydrogen-bond donors (Lipinski definition) is 1. The largest absolute Gasteiger partial charge is 0.481 e. The average molecular weight is 373 g/mol. The molecular formula is C24H23NO3. The maximum atomic E-state index is 10.8. The second-order valence-electron chi connectivity index (χ2n) is 7.05. The molecule has 0 atom stereocenters. The standard InChI is InChI=1S/C24H23NO3/c26-24(27)13-11-18-10-12-20-17-25(15-14-19(20)16-18)22-8-4-5-9-23(22)28-21-6-2-1-3-7-21/h1-10,12,16H,11,13-15,17H2,(H,26,27). The van der Waals surface area contributed by atoms with Crippen LogP contribution in [-0.2, 0) is 24.2 Å². The maximum absolute atomic E-state index is 10.8. The molecule has 0 saturated heterocycles. The van der Waals surface area contributed by atoms with Crippen molar-refractivity contribution in [3.63, 3.8) is 0 Å². The fourth-order valence-corrected chi connectivity index (χ4v) is 3.64. The Kier molecular flexibility index (Phi) is 5.29. The number of carboxylic acid groups (broad SMARTS) is 1. The van der Waals surface area contributed by atoms with Crippen molar-refractivity contribution >= 4 is 11.7 Å². The zero-order chi connectivity index (χ0) is 19.3. The molecule has 3 aromatic rings. The SMILES string of the molecule is O=C(O)CCc1ccc2c(c1)CCN(c1ccccc1Oc1ccccc1)C2. The van der Waals surface area contributed by atoms with E-state index in [0.717, 1.165) is 42.3 Å². The lowest BCUT2D eigenvalue weighted by molar-refractivity contribution is -0.136. The molecule has 0 aliphatic carbocycles. The minimum absolute atomic E-state index is 0.176. The minimum atomic E-state index is -0.751. The maximum Gasteiger partial charge on any atom is 0.303 e. The zero-order valence-corrected chi connectivity index (χ0v) is 15.7. The molecule has 0 amide bonds. The minimum Gasteiger partial charge on any atom is -0.481 e. The lowest BCUT2D eigenvalue weighted by atomic mass is 9.95. The summed E-state index contributed by atoms with van der Waals surface area (Å²) in [6.45, 7) is 1.73. The Morgan fingerprint density at radius 2 is 1.75 bits per heavy atom. The second kappa shape index (κ2) is 8.17.